The van der Waals surface area contributed by atoms with E-state index in [1.165, 1.54) is 0 Å². The lowest BCUT2D eigenvalue weighted by Gasteiger charge is -2.10. The Hall–Kier alpha value is -1.47. The molecule has 0 radical (unpaired) electrons. The first-order valence-electron chi connectivity index (χ1n) is 5.06. The van der Waals surface area contributed by atoms with Crippen molar-refractivity contribution in [1.29, 1.82) is 0 Å². The van der Waals surface area contributed by atoms with Gasteiger partial charge in [0.25, 0.3) is 5.91 Å². The molecule has 0 saturated carbocycles. The maximum absolute atomic E-state index is 12.0. The molecule has 2 N–H and O–H groups in total. The summed E-state index contributed by atoms with van der Waals surface area (Å²) in [7, 11) is 0. The minimum Gasteiger partial charge on any atom is -0.342 e. The molecule has 0 bridgehead atoms. The summed E-state index contributed by atoms with van der Waals surface area (Å²) < 4.78 is 0.743. The highest BCUT2D eigenvalue weighted by Gasteiger charge is 2.15. The highest BCUT2D eigenvalue weighted by atomic mass is 79.9. The van der Waals surface area contributed by atoms with Crippen LogP contribution >= 0.6 is 27.5 Å². The lowest BCUT2D eigenvalue weighted by atomic mass is 10.2. The van der Waals surface area contributed by atoms with Crippen LogP contribution in [-0.2, 0) is 0 Å². The molecule has 1 aromatic carbocycles. The van der Waals surface area contributed by atoms with Gasteiger partial charge in [0.1, 0.15) is 0 Å². The summed E-state index contributed by atoms with van der Waals surface area (Å²) >= 11 is 9.16. The number of aromatic nitrogens is 4. The fourth-order valence-electron chi connectivity index (χ4n) is 1.38. The Labute approximate surface area is 116 Å². The molecule has 2 rings (SSSR count). The predicted molar refractivity (Wildman–Crippen MR) is 69.2 cm³/mol. The molecule has 0 aliphatic heterocycles. The Balaban J connectivity index is 2.12. The SMILES string of the molecule is CC(NC(=O)c1cc(Cl)cc(Br)c1)c1nn[nH]n1. The summed E-state index contributed by atoms with van der Waals surface area (Å²) in [5, 5.41) is 16.6. The number of nitrogens with zero attached hydrogens (tertiary/aromatic N) is 3. The number of hydrogen-bond acceptors (Lipinski definition) is 4. The van der Waals surface area contributed by atoms with E-state index in [2.05, 4.69) is 41.9 Å². The molecule has 0 fully saturated rings. The second-order valence-electron chi connectivity index (χ2n) is 3.62. The molecular formula is C10H9BrClN5O. The summed E-state index contributed by atoms with van der Waals surface area (Å²) in [6, 6.07) is 4.64. The third kappa shape index (κ3) is 3.05. The molecule has 94 valence electrons. The molecular weight excluding hydrogens is 322 g/mol. The van der Waals surface area contributed by atoms with Crippen LogP contribution in [0.15, 0.2) is 22.7 Å². The van der Waals surface area contributed by atoms with E-state index >= 15 is 0 Å². The summed E-state index contributed by atoms with van der Waals surface area (Å²) in [5.74, 6) is 0.167. The number of rotatable bonds is 3. The molecule has 1 atom stereocenters. The van der Waals surface area contributed by atoms with E-state index in [1.807, 2.05) is 0 Å². The van der Waals surface area contributed by atoms with Gasteiger partial charge in [-0.15, -0.1) is 10.2 Å². The van der Waals surface area contributed by atoms with Gasteiger partial charge in [0.2, 0.25) is 0 Å². The zero-order chi connectivity index (χ0) is 13.1. The van der Waals surface area contributed by atoms with Crippen molar-refractivity contribution >= 4 is 33.4 Å². The van der Waals surface area contributed by atoms with Gasteiger partial charge in [0.15, 0.2) is 5.82 Å². The highest BCUT2D eigenvalue weighted by Crippen LogP contribution is 2.20. The van der Waals surface area contributed by atoms with E-state index in [-0.39, 0.29) is 11.9 Å². The monoisotopic (exact) mass is 329 g/mol. The van der Waals surface area contributed by atoms with Gasteiger partial charge >= 0.3 is 0 Å². The van der Waals surface area contributed by atoms with Crippen LogP contribution in [0.4, 0.5) is 0 Å². The molecule has 18 heavy (non-hydrogen) atoms. The molecule has 1 heterocycles. The van der Waals surface area contributed by atoms with Gasteiger partial charge in [-0.2, -0.15) is 5.21 Å². The van der Waals surface area contributed by atoms with Crippen LogP contribution in [0.1, 0.15) is 29.1 Å². The summed E-state index contributed by atoms with van der Waals surface area (Å²) in [5.41, 5.74) is 0.463. The largest absolute Gasteiger partial charge is 0.342 e. The molecule has 6 nitrogen and oxygen atoms in total. The van der Waals surface area contributed by atoms with Crippen molar-refractivity contribution in [3.8, 4) is 0 Å². The van der Waals surface area contributed by atoms with Crippen LogP contribution in [-0.4, -0.2) is 26.5 Å². The number of benzene rings is 1. The number of nitrogens with one attached hydrogen (secondary N) is 2. The molecule has 1 unspecified atom stereocenters. The second kappa shape index (κ2) is 5.45. The van der Waals surface area contributed by atoms with Crippen molar-refractivity contribution in [2.24, 2.45) is 0 Å². The Bertz CT molecular complexity index is 539. The van der Waals surface area contributed by atoms with Gasteiger partial charge in [-0.3, -0.25) is 4.79 Å². The first kappa shape index (κ1) is 13.0. The van der Waals surface area contributed by atoms with Crippen LogP contribution in [0.5, 0.6) is 0 Å². The van der Waals surface area contributed by atoms with E-state index in [9.17, 15) is 4.79 Å². The standard InChI is InChI=1S/C10H9BrClN5O/c1-5(9-14-16-17-15-9)13-10(18)6-2-7(11)4-8(12)3-6/h2-5H,1H3,(H,13,18)(H,14,15,16,17). The van der Waals surface area contributed by atoms with Crippen molar-refractivity contribution in [2.45, 2.75) is 13.0 Å². The maximum Gasteiger partial charge on any atom is 0.251 e. The van der Waals surface area contributed by atoms with Crippen molar-refractivity contribution in [3.05, 3.63) is 39.1 Å². The van der Waals surface area contributed by atoms with Crippen molar-refractivity contribution in [3.63, 3.8) is 0 Å². The minimum absolute atomic E-state index is 0.254. The normalized spacial score (nSPS) is 12.2. The lowest BCUT2D eigenvalue weighted by molar-refractivity contribution is 0.0938. The number of tetrazole rings is 1. The summed E-state index contributed by atoms with van der Waals surface area (Å²) in [6.45, 7) is 1.77. The fraction of sp³-hybridized carbons (Fsp3) is 0.200. The molecule has 2 aromatic rings. The number of carbonyl (C=O) groups excluding carboxylic acids is 1. The average Bonchev–Trinajstić information content (AvgIpc) is 2.80. The maximum atomic E-state index is 12.0. The van der Waals surface area contributed by atoms with Gasteiger partial charge in [-0.1, -0.05) is 32.7 Å². The van der Waals surface area contributed by atoms with Crippen molar-refractivity contribution < 1.29 is 4.79 Å². The van der Waals surface area contributed by atoms with E-state index in [0.717, 1.165) is 4.47 Å². The Morgan fingerprint density at radius 2 is 2.28 bits per heavy atom. The van der Waals surface area contributed by atoms with Crippen molar-refractivity contribution in [1.82, 2.24) is 25.9 Å². The van der Waals surface area contributed by atoms with Gasteiger partial charge in [0, 0.05) is 15.1 Å². The third-order valence-electron chi connectivity index (χ3n) is 2.22. The number of halogens is 2. The van der Waals surface area contributed by atoms with Gasteiger partial charge < -0.3 is 5.32 Å². The van der Waals surface area contributed by atoms with Crippen LogP contribution in [0.2, 0.25) is 5.02 Å². The van der Waals surface area contributed by atoms with Crippen LogP contribution < -0.4 is 5.32 Å². The number of hydrogen-bond donors (Lipinski definition) is 2. The number of aromatic amines is 1. The molecule has 0 saturated heterocycles. The molecule has 1 amide bonds. The zero-order valence-corrected chi connectivity index (χ0v) is 11.7. The predicted octanol–water partition coefficient (Wildman–Crippen LogP) is 2.11. The number of H-pyrrole nitrogens is 1. The molecule has 0 aliphatic carbocycles. The smallest absolute Gasteiger partial charge is 0.251 e. The Morgan fingerprint density at radius 3 is 2.89 bits per heavy atom. The van der Waals surface area contributed by atoms with Gasteiger partial charge in [-0.05, 0) is 25.1 Å². The number of amides is 1. The quantitative estimate of drug-likeness (QED) is 0.903. The summed E-state index contributed by atoms with van der Waals surface area (Å²) in [6.07, 6.45) is 0. The van der Waals surface area contributed by atoms with E-state index in [0.29, 0.717) is 16.4 Å². The van der Waals surface area contributed by atoms with E-state index in [1.54, 1.807) is 25.1 Å². The highest BCUT2D eigenvalue weighted by molar-refractivity contribution is 9.10. The topological polar surface area (TPSA) is 83.6 Å². The number of carbonyl (C=O) groups is 1. The zero-order valence-electron chi connectivity index (χ0n) is 9.32. The Morgan fingerprint density at radius 1 is 1.50 bits per heavy atom. The third-order valence-corrected chi connectivity index (χ3v) is 2.90. The second-order valence-corrected chi connectivity index (χ2v) is 4.98. The lowest BCUT2D eigenvalue weighted by Crippen LogP contribution is -2.27. The molecule has 1 aromatic heterocycles. The van der Waals surface area contributed by atoms with Crippen molar-refractivity contribution in [2.75, 3.05) is 0 Å². The first-order chi connectivity index (χ1) is 8.56. The van der Waals surface area contributed by atoms with Gasteiger partial charge in [-0.25, -0.2) is 0 Å². The van der Waals surface area contributed by atoms with E-state index in [4.69, 9.17) is 11.6 Å². The van der Waals surface area contributed by atoms with Crippen LogP contribution in [0.3, 0.4) is 0 Å². The van der Waals surface area contributed by atoms with Gasteiger partial charge in [0.05, 0.1) is 6.04 Å². The average molecular weight is 331 g/mol. The van der Waals surface area contributed by atoms with Crippen LogP contribution in [0, 0.1) is 0 Å². The van der Waals surface area contributed by atoms with E-state index < -0.39 is 0 Å². The molecule has 8 heteroatoms. The minimum atomic E-state index is -0.339. The molecule has 0 aliphatic rings. The summed E-state index contributed by atoms with van der Waals surface area (Å²) in [4.78, 5) is 12.0. The first-order valence-corrected chi connectivity index (χ1v) is 6.23. The fourth-order valence-corrected chi connectivity index (χ4v) is 2.24. The van der Waals surface area contributed by atoms with Crippen LogP contribution in [0.25, 0.3) is 0 Å². The molecule has 0 spiro atoms. The Kier molecular flexibility index (Phi) is 3.93.